The molecule has 0 bridgehead atoms. The van der Waals surface area contributed by atoms with Crippen LogP contribution >= 0.6 is 0 Å². The largest absolute Gasteiger partial charge is 0.453 e. The van der Waals surface area contributed by atoms with Gasteiger partial charge in [-0.1, -0.05) is 19.1 Å². The van der Waals surface area contributed by atoms with Gasteiger partial charge in [0.2, 0.25) is 0 Å². The van der Waals surface area contributed by atoms with Crippen LogP contribution in [0, 0.1) is 5.41 Å². The Morgan fingerprint density at radius 3 is 2.21 bits per heavy atom. The Bertz CT molecular complexity index is 1930. The highest BCUT2D eigenvalue weighted by molar-refractivity contribution is 7.86. The zero-order valence-electron chi connectivity index (χ0n) is 20.2. The van der Waals surface area contributed by atoms with Gasteiger partial charge in [-0.2, -0.15) is 21.7 Å². The molecule has 1 aliphatic carbocycles. The summed E-state index contributed by atoms with van der Waals surface area (Å²) in [6.07, 6.45) is 0.106. The molecule has 5 N–H and O–H groups in total. The predicted molar refractivity (Wildman–Crippen MR) is 135 cm³/mol. The number of Topliss-reactive ketones (excluding diaryl/α,β-unsaturated/α-hetero) is 1. The topological polar surface area (TPSA) is 224 Å². The van der Waals surface area contributed by atoms with Gasteiger partial charge in [0, 0.05) is 28.5 Å². The van der Waals surface area contributed by atoms with E-state index in [9.17, 15) is 35.5 Å². The molecule has 13 nitrogen and oxygen atoms in total. The van der Waals surface area contributed by atoms with E-state index in [2.05, 4.69) is 9.78 Å². The summed E-state index contributed by atoms with van der Waals surface area (Å²) in [6.45, 7) is 1.61. The summed E-state index contributed by atoms with van der Waals surface area (Å²) in [7, 11) is -9.13. The molecule has 0 saturated heterocycles. The summed E-state index contributed by atoms with van der Waals surface area (Å²) in [5, 5.41) is 7.29. The van der Waals surface area contributed by atoms with Gasteiger partial charge in [0.05, 0.1) is 23.7 Å². The molecule has 2 aromatic carbocycles. The van der Waals surface area contributed by atoms with Gasteiger partial charge >= 0.3 is 5.97 Å². The number of hydrogen-bond donors (Lipinski definition) is 4. The molecule has 0 amide bonds. The molecule has 0 radical (unpaired) electrons. The molecule has 2 aromatic rings. The molecule has 15 heteroatoms. The highest BCUT2D eigenvalue weighted by Crippen LogP contribution is 2.45. The van der Waals surface area contributed by atoms with Gasteiger partial charge in [-0.25, -0.2) is 4.79 Å². The van der Waals surface area contributed by atoms with E-state index in [1.165, 1.54) is 30.3 Å². The van der Waals surface area contributed by atoms with Crippen molar-refractivity contribution in [3.63, 3.8) is 0 Å². The van der Waals surface area contributed by atoms with Gasteiger partial charge in [0.1, 0.15) is 0 Å². The summed E-state index contributed by atoms with van der Waals surface area (Å²) in [5.74, 6) is -2.04. The first kappa shape index (κ1) is 27.9. The molecule has 1 aliphatic heterocycles. The Hall–Kier alpha value is -4.15. The fraction of sp³-hybridized carbons (Fsp3) is 0.125. The molecule has 204 valence electrons. The van der Waals surface area contributed by atoms with E-state index < -0.39 is 58.4 Å². The van der Waals surface area contributed by atoms with Crippen molar-refractivity contribution in [2.45, 2.75) is 23.1 Å². The lowest BCUT2D eigenvalue weighted by molar-refractivity contribution is -0.216. The first-order valence-electron chi connectivity index (χ1n) is 10.9. The molecule has 0 unspecified atom stereocenters. The third kappa shape index (κ3) is 4.88. The molecular formula is C24H20N2O11S2. The molecule has 0 fully saturated rings. The quantitative estimate of drug-likeness (QED) is 0.0622. The number of nitrogens with two attached hydrogens (primary N) is 1. The first-order chi connectivity index (χ1) is 18.2. The summed E-state index contributed by atoms with van der Waals surface area (Å²) in [6, 6.07) is 8.68. The van der Waals surface area contributed by atoms with E-state index in [1.54, 1.807) is 6.92 Å². The molecule has 39 heavy (non-hydrogen) atoms. The van der Waals surface area contributed by atoms with E-state index in [4.69, 9.17) is 15.6 Å². The maximum Gasteiger partial charge on any atom is 0.373 e. The highest BCUT2D eigenvalue weighted by atomic mass is 32.2. The van der Waals surface area contributed by atoms with E-state index in [0.29, 0.717) is 0 Å². The monoisotopic (exact) mass is 576 g/mol. The van der Waals surface area contributed by atoms with Gasteiger partial charge in [-0.15, -0.1) is 0 Å². The molecule has 0 atom stereocenters. The number of hydrogen-bond acceptors (Lipinski definition) is 11. The van der Waals surface area contributed by atoms with Crippen molar-refractivity contribution in [1.29, 1.82) is 5.41 Å². The molecular weight excluding hydrogens is 556 g/mol. The lowest BCUT2D eigenvalue weighted by Gasteiger charge is -2.20. The number of ketones is 1. The van der Waals surface area contributed by atoms with Crippen LogP contribution in [0.4, 0.5) is 5.69 Å². The lowest BCUT2D eigenvalue weighted by Crippen LogP contribution is -2.17. The number of carbonyl (C=O) groups is 2. The van der Waals surface area contributed by atoms with Crippen LogP contribution < -0.4 is 11.1 Å². The number of benzene rings is 3. The van der Waals surface area contributed by atoms with Crippen molar-refractivity contribution in [3.05, 3.63) is 58.9 Å². The fourth-order valence-corrected chi connectivity index (χ4v) is 5.71. The molecule has 0 aromatic heterocycles. The average molecular weight is 577 g/mol. The maximum absolute atomic E-state index is 12.9. The van der Waals surface area contributed by atoms with Crippen LogP contribution in [0.2, 0.25) is 0 Å². The summed E-state index contributed by atoms with van der Waals surface area (Å²) in [4.78, 5) is 32.6. The SMILES string of the molecule is CCC(=O)c1ccc(-c2c3ccc(=N)c(S(=O)(=O)O)c-3oc3c(S(=O)(=O)O)c(N)ccc23)c(C(=O)OOC)c1. The van der Waals surface area contributed by atoms with Crippen LogP contribution in [0.1, 0.15) is 34.1 Å². The highest BCUT2D eigenvalue weighted by Gasteiger charge is 2.32. The second kappa shape index (κ2) is 9.87. The smallest absolute Gasteiger partial charge is 0.373 e. The van der Waals surface area contributed by atoms with Crippen molar-refractivity contribution >= 4 is 48.6 Å². The Labute approximate surface area is 221 Å². The minimum absolute atomic E-state index is 0.000538. The first-order valence-corrected chi connectivity index (χ1v) is 13.8. The van der Waals surface area contributed by atoms with Crippen molar-refractivity contribution in [2.75, 3.05) is 12.8 Å². The third-order valence-corrected chi connectivity index (χ3v) is 7.68. The molecule has 2 aliphatic rings. The van der Waals surface area contributed by atoms with E-state index in [1.807, 2.05) is 0 Å². The van der Waals surface area contributed by atoms with Gasteiger partial charge < -0.3 is 10.2 Å². The van der Waals surface area contributed by atoms with Crippen molar-refractivity contribution < 1.29 is 49.7 Å². The minimum Gasteiger partial charge on any atom is -0.453 e. The van der Waals surface area contributed by atoms with Gasteiger partial charge in [0.15, 0.2) is 26.9 Å². The van der Waals surface area contributed by atoms with Crippen molar-refractivity contribution in [1.82, 2.24) is 0 Å². The molecule has 4 rings (SSSR count). The normalized spacial score (nSPS) is 12.1. The Kier molecular flexibility index (Phi) is 7.05. The molecule has 1 heterocycles. The second-order valence-corrected chi connectivity index (χ2v) is 10.9. The van der Waals surface area contributed by atoms with Crippen LogP contribution in [0.3, 0.4) is 0 Å². The van der Waals surface area contributed by atoms with Crippen LogP contribution in [0.25, 0.3) is 33.4 Å². The molecule has 0 saturated carbocycles. The van der Waals surface area contributed by atoms with Gasteiger partial charge in [0.25, 0.3) is 20.2 Å². The Morgan fingerprint density at radius 1 is 0.974 bits per heavy atom. The number of rotatable bonds is 7. The maximum atomic E-state index is 12.9. The second-order valence-electron chi connectivity index (χ2n) is 8.18. The van der Waals surface area contributed by atoms with Crippen LogP contribution in [0.15, 0.2) is 56.7 Å². The number of fused-ring (bicyclic) bond motifs is 2. The van der Waals surface area contributed by atoms with Crippen molar-refractivity contribution in [2.24, 2.45) is 0 Å². The number of carbonyl (C=O) groups excluding carboxylic acids is 2. The number of anilines is 1. The van der Waals surface area contributed by atoms with E-state index in [0.717, 1.165) is 19.2 Å². The Morgan fingerprint density at radius 2 is 1.62 bits per heavy atom. The van der Waals surface area contributed by atoms with Crippen LogP contribution in [0.5, 0.6) is 0 Å². The average Bonchev–Trinajstić information content (AvgIpc) is 2.84. The van der Waals surface area contributed by atoms with Crippen molar-refractivity contribution in [3.8, 4) is 22.5 Å². The summed E-state index contributed by atoms with van der Waals surface area (Å²) in [5.41, 5.74) is 4.51. The summed E-state index contributed by atoms with van der Waals surface area (Å²) >= 11 is 0. The van der Waals surface area contributed by atoms with Crippen LogP contribution in [-0.2, 0) is 30.0 Å². The van der Waals surface area contributed by atoms with E-state index in [-0.39, 0.29) is 45.4 Å². The number of nitrogen functional groups attached to an aromatic ring is 1. The standard InChI is InChI=1S/C24H20N2O11S2/c1-3-18(27)11-4-5-12(15(10-11)24(28)37-35-2)19-13-6-8-16(25)22(38(29,30)31)20(13)36-21-14(19)7-9-17(26)23(21)39(32,33)34/h4-10,25H,3,26H2,1-2H3,(H,29,30,31)(H,32,33,34). The zero-order chi connectivity index (χ0) is 28.9. The van der Waals surface area contributed by atoms with Gasteiger partial charge in [-0.05, 0) is 35.9 Å². The Balaban J connectivity index is 2.32. The fourth-order valence-electron chi connectivity index (χ4n) is 4.23. The third-order valence-electron chi connectivity index (χ3n) is 5.82. The lowest BCUT2D eigenvalue weighted by atomic mass is 9.89. The zero-order valence-corrected chi connectivity index (χ0v) is 21.8. The molecule has 0 spiro atoms. The van der Waals surface area contributed by atoms with E-state index >= 15 is 0 Å². The predicted octanol–water partition coefficient (Wildman–Crippen LogP) is 3.07. The summed E-state index contributed by atoms with van der Waals surface area (Å²) < 4.78 is 74.6. The van der Waals surface area contributed by atoms with Gasteiger partial charge in [-0.3, -0.25) is 24.2 Å². The van der Waals surface area contributed by atoms with Crippen LogP contribution in [-0.4, -0.2) is 44.8 Å². The minimum atomic E-state index is -5.12. The number of nitrogens with one attached hydrogen (secondary N) is 1.